The van der Waals surface area contributed by atoms with Crippen molar-refractivity contribution in [3.63, 3.8) is 0 Å². The molecule has 0 atom stereocenters. The third-order valence-electron chi connectivity index (χ3n) is 5.96. The minimum absolute atomic E-state index is 0.662. The van der Waals surface area contributed by atoms with Gasteiger partial charge >= 0.3 is 0 Å². The summed E-state index contributed by atoms with van der Waals surface area (Å²) < 4.78 is 0. The topological polar surface area (TPSA) is 44.3 Å². The largest absolute Gasteiger partial charge is 0.373 e. The monoisotopic (exact) mass is 445 g/mol. The Bertz CT molecular complexity index is 1210. The van der Waals surface area contributed by atoms with Gasteiger partial charge in [-0.3, -0.25) is 0 Å². The highest BCUT2D eigenvalue weighted by Crippen LogP contribution is 2.31. The number of benzene rings is 1. The van der Waals surface area contributed by atoms with Gasteiger partial charge in [0.15, 0.2) is 0 Å². The second-order valence-corrected chi connectivity index (χ2v) is 8.40. The molecule has 6 heteroatoms. The summed E-state index contributed by atoms with van der Waals surface area (Å²) in [5, 5.41) is 4.66. The van der Waals surface area contributed by atoms with Crippen LogP contribution in [0.2, 0.25) is 5.02 Å². The first-order chi connectivity index (χ1) is 15.4. The number of allylic oxidation sites excluding steroid dienone is 1. The van der Waals surface area contributed by atoms with E-state index in [1.54, 1.807) is 12.3 Å². The van der Waals surface area contributed by atoms with E-state index in [4.69, 9.17) is 16.6 Å². The van der Waals surface area contributed by atoms with Crippen LogP contribution in [0.4, 0.5) is 5.82 Å². The van der Waals surface area contributed by atoms with Crippen molar-refractivity contribution in [1.29, 1.82) is 0 Å². The average Bonchev–Trinajstić information content (AvgIpc) is 2.82. The molecule has 0 aliphatic carbocycles. The Hall–Kier alpha value is -3.31. The fourth-order valence-corrected chi connectivity index (χ4v) is 4.30. The summed E-state index contributed by atoms with van der Waals surface area (Å²) in [6.07, 6.45) is 3.58. The Morgan fingerprint density at radius 2 is 1.81 bits per heavy atom. The maximum atomic E-state index is 6.63. The average molecular weight is 446 g/mol. The molecule has 0 saturated carbocycles. The van der Waals surface area contributed by atoms with Gasteiger partial charge in [-0.25, -0.2) is 9.97 Å². The van der Waals surface area contributed by atoms with Crippen molar-refractivity contribution in [3.05, 3.63) is 78.1 Å². The van der Waals surface area contributed by atoms with Crippen molar-refractivity contribution >= 4 is 40.1 Å². The molecule has 4 rings (SSSR count). The van der Waals surface area contributed by atoms with Crippen LogP contribution in [-0.2, 0) is 0 Å². The standard InChI is InChI=1S/C26H28ClN5/c1-6-19-13-21(16-29-26(19)28-5)24-15-23(27)22-8-7-20(14-25(22)30-24)18(4)32-11-9-31(10-12-32)17(2)3/h6-8,13-16H,1-2,4,9-12H2,3,5H3,(H,28,29). The highest BCUT2D eigenvalue weighted by Gasteiger charge is 2.19. The van der Waals surface area contributed by atoms with Crippen LogP contribution in [0.1, 0.15) is 18.1 Å². The van der Waals surface area contributed by atoms with E-state index in [0.29, 0.717) is 5.02 Å². The van der Waals surface area contributed by atoms with E-state index in [1.807, 2.05) is 25.2 Å². The summed E-state index contributed by atoms with van der Waals surface area (Å²) >= 11 is 6.63. The first kappa shape index (κ1) is 21.9. The van der Waals surface area contributed by atoms with E-state index in [9.17, 15) is 0 Å². The summed E-state index contributed by atoms with van der Waals surface area (Å²) in [6.45, 7) is 18.1. The van der Waals surface area contributed by atoms with Gasteiger partial charge in [0, 0.05) is 67.3 Å². The molecule has 164 valence electrons. The lowest BCUT2D eigenvalue weighted by Gasteiger charge is -2.38. The molecule has 1 N–H and O–H groups in total. The molecule has 0 unspecified atom stereocenters. The van der Waals surface area contributed by atoms with Gasteiger partial charge in [-0.15, -0.1) is 0 Å². The lowest BCUT2D eigenvalue weighted by molar-refractivity contribution is 0.215. The number of aromatic nitrogens is 2. The zero-order valence-electron chi connectivity index (χ0n) is 18.7. The Labute approximate surface area is 194 Å². The van der Waals surface area contributed by atoms with Crippen LogP contribution in [0, 0.1) is 0 Å². The second kappa shape index (κ2) is 9.05. The molecule has 0 radical (unpaired) electrons. The van der Waals surface area contributed by atoms with Gasteiger partial charge in [-0.2, -0.15) is 0 Å². The molecule has 0 amide bonds. The third kappa shape index (κ3) is 4.21. The van der Waals surface area contributed by atoms with Crippen molar-refractivity contribution in [2.24, 2.45) is 0 Å². The van der Waals surface area contributed by atoms with Crippen LogP contribution in [0.25, 0.3) is 33.9 Å². The van der Waals surface area contributed by atoms with Crippen LogP contribution in [-0.4, -0.2) is 53.0 Å². The number of rotatable bonds is 6. The number of piperazine rings is 1. The van der Waals surface area contributed by atoms with Crippen LogP contribution >= 0.6 is 11.6 Å². The van der Waals surface area contributed by atoms with E-state index < -0.39 is 0 Å². The van der Waals surface area contributed by atoms with Crippen LogP contribution in [0.3, 0.4) is 0 Å². The summed E-state index contributed by atoms with van der Waals surface area (Å²) in [4.78, 5) is 14.0. The molecule has 3 aromatic rings. The molecule has 32 heavy (non-hydrogen) atoms. The number of halogens is 1. The number of nitrogens with one attached hydrogen (secondary N) is 1. The summed E-state index contributed by atoms with van der Waals surface area (Å²) in [5.74, 6) is 0.779. The number of fused-ring (bicyclic) bond motifs is 1. The molecule has 1 aromatic carbocycles. The molecule has 1 aliphatic rings. The molecule has 3 heterocycles. The lowest BCUT2D eigenvalue weighted by atomic mass is 10.1. The van der Waals surface area contributed by atoms with Crippen LogP contribution in [0.5, 0.6) is 0 Å². The zero-order valence-corrected chi connectivity index (χ0v) is 19.4. The number of nitrogens with zero attached hydrogens (tertiary/aromatic N) is 4. The van der Waals surface area contributed by atoms with Crippen LogP contribution < -0.4 is 5.32 Å². The number of pyridine rings is 2. The van der Waals surface area contributed by atoms with Gasteiger partial charge in [-0.05, 0) is 30.7 Å². The van der Waals surface area contributed by atoms with Crippen molar-refractivity contribution in [2.75, 3.05) is 38.5 Å². The molecule has 2 aromatic heterocycles. The summed E-state index contributed by atoms with van der Waals surface area (Å²) in [7, 11) is 1.84. The summed E-state index contributed by atoms with van der Waals surface area (Å²) in [6, 6.07) is 10.1. The Balaban J connectivity index is 1.66. The SMILES string of the molecule is C=Cc1cc(-c2cc(Cl)c3ccc(C(=C)N4CCN(C(=C)C)CC4)cc3n2)cnc1NC. The Morgan fingerprint density at radius 3 is 2.47 bits per heavy atom. The lowest BCUT2D eigenvalue weighted by Crippen LogP contribution is -2.44. The smallest absolute Gasteiger partial charge is 0.132 e. The van der Waals surface area contributed by atoms with E-state index >= 15 is 0 Å². The fraction of sp³-hybridized carbons (Fsp3) is 0.231. The third-order valence-corrected chi connectivity index (χ3v) is 6.28. The van der Waals surface area contributed by atoms with Gasteiger partial charge in [0.05, 0.1) is 16.2 Å². The van der Waals surface area contributed by atoms with E-state index in [0.717, 1.165) is 76.7 Å². The van der Waals surface area contributed by atoms with E-state index in [1.165, 1.54) is 0 Å². The highest BCUT2D eigenvalue weighted by atomic mass is 35.5. The molecule has 5 nitrogen and oxygen atoms in total. The van der Waals surface area contributed by atoms with Crippen LogP contribution in [0.15, 0.2) is 62.0 Å². The predicted molar refractivity (Wildman–Crippen MR) is 137 cm³/mol. The number of anilines is 1. The van der Waals surface area contributed by atoms with Gasteiger partial charge in [0.1, 0.15) is 5.82 Å². The molecule has 1 aliphatic heterocycles. The molecular weight excluding hydrogens is 418 g/mol. The minimum Gasteiger partial charge on any atom is -0.373 e. The second-order valence-electron chi connectivity index (χ2n) is 7.99. The fourth-order valence-electron chi connectivity index (χ4n) is 4.04. The number of hydrogen-bond donors (Lipinski definition) is 1. The van der Waals surface area contributed by atoms with Gasteiger partial charge < -0.3 is 15.1 Å². The zero-order chi connectivity index (χ0) is 22.8. The van der Waals surface area contributed by atoms with Crippen molar-refractivity contribution in [2.45, 2.75) is 6.92 Å². The normalized spacial score (nSPS) is 13.8. The maximum absolute atomic E-state index is 6.63. The summed E-state index contributed by atoms with van der Waals surface area (Å²) in [5.41, 5.74) is 6.59. The quantitative estimate of drug-likeness (QED) is 0.522. The van der Waals surface area contributed by atoms with Gasteiger partial charge in [0.25, 0.3) is 0 Å². The highest BCUT2D eigenvalue weighted by molar-refractivity contribution is 6.35. The number of hydrogen-bond acceptors (Lipinski definition) is 5. The molecule has 0 bridgehead atoms. The molecule has 1 saturated heterocycles. The molecule has 1 fully saturated rings. The van der Waals surface area contributed by atoms with Gasteiger partial charge in [-0.1, -0.05) is 49.5 Å². The first-order valence-corrected chi connectivity index (χ1v) is 11.0. The van der Waals surface area contributed by atoms with Gasteiger partial charge in [0.2, 0.25) is 0 Å². The van der Waals surface area contributed by atoms with E-state index in [2.05, 4.69) is 58.9 Å². The first-order valence-electron chi connectivity index (χ1n) is 10.7. The van der Waals surface area contributed by atoms with Crippen molar-refractivity contribution in [1.82, 2.24) is 19.8 Å². The van der Waals surface area contributed by atoms with Crippen molar-refractivity contribution in [3.8, 4) is 11.3 Å². The van der Waals surface area contributed by atoms with Crippen molar-refractivity contribution < 1.29 is 0 Å². The molecule has 0 spiro atoms. The Morgan fingerprint density at radius 1 is 1.09 bits per heavy atom. The maximum Gasteiger partial charge on any atom is 0.132 e. The molecular formula is C26H28ClN5. The minimum atomic E-state index is 0.662. The van der Waals surface area contributed by atoms with E-state index in [-0.39, 0.29) is 0 Å². The predicted octanol–water partition coefficient (Wildman–Crippen LogP) is 5.76. The Kier molecular flexibility index (Phi) is 6.19.